The molecule has 9 heteroatoms. The molecule has 1 aliphatic rings. The number of rotatable bonds is 5. The highest BCUT2D eigenvalue weighted by molar-refractivity contribution is 5.79. The second kappa shape index (κ2) is 7.67. The zero-order valence-electron chi connectivity index (χ0n) is 15.0. The Morgan fingerprint density at radius 1 is 1.30 bits per heavy atom. The third-order valence-corrected chi connectivity index (χ3v) is 4.42. The molecule has 6 nitrogen and oxygen atoms in total. The lowest BCUT2D eigenvalue weighted by molar-refractivity contribution is -0.159. The van der Waals surface area contributed by atoms with Gasteiger partial charge in [-0.25, -0.2) is 0 Å². The summed E-state index contributed by atoms with van der Waals surface area (Å²) in [5.41, 5.74) is 1.27. The van der Waals surface area contributed by atoms with Crippen molar-refractivity contribution in [1.29, 1.82) is 0 Å². The number of nitrogens with zero attached hydrogens (tertiary/aromatic N) is 3. The number of hydrogen-bond donors (Lipinski definition) is 0. The van der Waals surface area contributed by atoms with Crippen LogP contribution in [-0.4, -0.2) is 40.2 Å². The van der Waals surface area contributed by atoms with Crippen molar-refractivity contribution in [2.75, 3.05) is 13.2 Å². The summed E-state index contributed by atoms with van der Waals surface area (Å²) in [5.74, 6) is -1.57. The standard InChI is InChI=1S/C18H20F3N3O3/c1-11(2)24(16(25)14-7-8-26-10-14)9-12-3-5-13(6-4-12)15-22-17(27-23-15)18(19,20)21/h3-6,11,14H,7-10H2,1-2H3. The lowest BCUT2D eigenvalue weighted by Gasteiger charge is -2.29. The molecule has 0 saturated carbocycles. The van der Waals surface area contributed by atoms with Crippen molar-refractivity contribution < 1.29 is 27.2 Å². The lowest BCUT2D eigenvalue weighted by Crippen LogP contribution is -2.40. The largest absolute Gasteiger partial charge is 0.471 e. The first-order chi connectivity index (χ1) is 12.8. The van der Waals surface area contributed by atoms with Crippen LogP contribution in [0.5, 0.6) is 0 Å². The highest BCUT2D eigenvalue weighted by Crippen LogP contribution is 2.29. The van der Waals surface area contributed by atoms with E-state index in [2.05, 4.69) is 14.7 Å². The van der Waals surface area contributed by atoms with E-state index in [9.17, 15) is 18.0 Å². The van der Waals surface area contributed by atoms with Gasteiger partial charge in [0.1, 0.15) is 0 Å². The monoisotopic (exact) mass is 383 g/mol. The third kappa shape index (κ3) is 4.47. The number of alkyl halides is 3. The van der Waals surface area contributed by atoms with Crippen molar-refractivity contribution in [3.05, 3.63) is 35.7 Å². The highest BCUT2D eigenvalue weighted by Gasteiger charge is 2.38. The molecule has 3 rings (SSSR count). The van der Waals surface area contributed by atoms with Gasteiger partial charge in [0.2, 0.25) is 11.7 Å². The fourth-order valence-corrected chi connectivity index (χ4v) is 2.89. The topological polar surface area (TPSA) is 68.5 Å². The first-order valence-corrected chi connectivity index (χ1v) is 8.64. The molecule has 0 spiro atoms. The molecule has 1 aromatic carbocycles. The molecule has 1 atom stereocenters. The van der Waals surface area contributed by atoms with Crippen molar-refractivity contribution >= 4 is 5.91 Å². The quantitative estimate of drug-likeness (QED) is 0.790. The summed E-state index contributed by atoms with van der Waals surface area (Å²) < 4.78 is 47.2. The van der Waals surface area contributed by atoms with Crippen LogP contribution < -0.4 is 0 Å². The Kier molecular flexibility index (Phi) is 5.50. The number of ether oxygens (including phenoxy) is 1. The van der Waals surface area contributed by atoms with E-state index in [0.29, 0.717) is 25.3 Å². The fourth-order valence-electron chi connectivity index (χ4n) is 2.89. The third-order valence-electron chi connectivity index (χ3n) is 4.42. The van der Waals surface area contributed by atoms with Gasteiger partial charge < -0.3 is 14.2 Å². The van der Waals surface area contributed by atoms with Crippen LogP contribution in [0.25, 0.3) is 11.4 Å². The maximum atomic E-state index is 12.7. The molecular formula is C18H20F3N3O3. The predicted molar refractivity (Wildman–Crippen MR) is 89.3 cm³/mol. The maximum absolute atomic E-state index is 12.7. The van der Waals surface area contributed by atoms with Crippen molar-refractivity contribution in [2.45, 2.75) is 39.0 Å². The molecule has 27 heavy (non-hydrogen) atoms. The molecule has 1 unspecified atom stereocenters. The van der Waals surface area contributed by atoms with E-state index < -0.39 is 12.1 Å². The molecule has 2 aromatic rings. The molecule has 1 fully saturated rings. The lowest BCUT2D eigenvalue weighted by atomic mass is 10.0. The summed E-state index contributed by atoms with van der Waals surface area (Å²) in [7, 11) is 0. The Hall–Kier alpha value is -2.42. The van der Waals surface area contributed by atoms with Crippen LogP contribution >= 0.6 is 0 Å². The average molecular weight is 383 g/mol. The molecule has 1 aliphatic heterocycles. The smallest absolute Gasteiger partial charge is 0.381 e. The van der Waals surface area contributed by atoms with Gasteiger partial charge in [0, 0.05) is 24.8 Å². The summed E-state index contributed by atoms with van der Waals surface area (Å²) in [6, 6.07) is 6.73. The zero-order chi connectivity index (χ0) is 19.6. The first-order valence-electron chi connectivity index (χ1n) is 8.64. The molecule has 146 valence electrons. The SMILES string of the molecule is CC(C)N(Cc1ccc(-c2noc(C(F)(F)F)n2)cc1)C(=O)C1CCOC1. The van der Waals surface area contributed by atoms with Gasteiger partial charge in [0.05, 0.1) is 12.5 Å². The van der Waals surface area contributed by atoms with Gasteiger partial charge in [-0.2, -0.15) is 18.2 Å². The Balaban J connectivity index is 1.72. The van der Waals surface area contributed by atoms with Crippen LogP contribution in [-0.2, 0) is 22.3 Å². The number of carbonyl (C=O) groups excluding carboxylic acids is 1. The van der Waals surface area contributed by atoms with E-state index >= 15 is 0 Å². The summed E-state index contributed by atoms with van der Waals surface area (Å²) in [6.07, 6.45) is -3.95. The predicted octanol–water partition coefficient (Wildman–Crippen LogP) is 3.53. The Bertz CT molecular complexity index is 781. The van der Waals surface area contributed by atoms with Crippen molar-refractivity contribution in [2.24, 2.45) is 5.92 Å². The van der Waals surface area contributed by atoms with Gasteiger partial charge >= 0.3 is 12.1 Å². The van der Waals surface area contributed by atoms with Crippen LogP contribution in [0.2, 0.25) is 0 Å². The summed E-state index contributed by atoms with van der Waals surface area (Å²) in [6.45, 7) is 5.34. The van der Waals surface area contributed by atoms with E-state index in [1.54, 1.807) is 29.2 Å². The summed E-state index contributed by atoms with van der Waals surface area (Å²) >= 11 is 0. The van der Waals surface area contributed by atoms with Gasteiger partial charge in [-0.3, -0.25) is 4.79 Å². The normalized spacial score (nSPS) is 17.5. The van der Waals surface area contributed by atoms with Crippen molar-refractivity contribution in [3.8, 4) is 11.4 Å². The summed E-state index contributed by atoms with van der Waals surface area (Å²) in [5, 5.41) is 3.37. The summed E-state index contributed by atoms with van der Waals surface area (Å²) in [4.78, 5) is 17.8. The molecule has 0 N–H and O–H groups in total. The molecule has 2 heterocycles. The van der Waals surface area contributed by atoms with Gasteiger partial charge in [0.25, 0.3) is 0 Å². The number of halogens is 3. The van der Waals surface area contributed by atoms with Gasteiger partial charge in [-0.1, -0.05) is 29.4 Å². The van der Waals surface area contributed by atoms with E-state index in [1.165, 1.54) is 0 Å². The van der Waals surface area contributed by atoms with Crippen molar-refractivity contribution in [3.63, 3.8) is 0 Å². The second-order valence-corrected chi connectivity index (χ2v) is 6.74. The Labute approximate surface area is 154 Å². The van der Waals surface area contributed by atoms with E-state index in [-0.39, 0.29) is 23.7 Å². The molecular weight excluding hydrogens is 363 g/mol. The Morgan fingerprint density at radius 2 is 2.00 bits per heavy atom. The average Bonchev–Trinajstić information content (AvgIpc) is 3.30. The van der Waals surface area contributed by atoms with Crippen LogP contribution in [0.15, 0.2) is 28.8 Å². The second-order valence-electron chi connectivity index (χ2n) is 6.74. The highest BCUT2D eigenvalue weighted by atomic mass is 19.4. The molecule has 1 saturated heterocycles. The zero-order valence-corrected chi connectivity index (χ0v) is 15.0. The molecule has 0 radical (unpaired) electrons. The van der Waals surface area contributed by atoms with E-state index in [4.69, 9.17) is 4.74 Å². The van der Waals surface area contributed by atoms with Crippen LogP contribution in [0.1, 0.15) is 31.7 Å². The molecule has 1 aromatic heterocycles. The van der Waals surface area contributed by atoms with E-state index in [0.717, 1.165) is 12.0 Å². The number of aromatic nitrogens is 2. The molecule has 1 amide bonds. The van der Waals surface area contributed by atoms with Gasteiger partial charge in [-0.05, 0) is 25.8 Å². The van der Waals surface area contributed by atoms with Gasteiger partial charge in [-0.15, -0.1) is 0 Å². The molecule has 0 aliphatic carbocycles. The van der Waals surface area contributed by atoms with Crippen LogP contribution in [0, 0.1) is 5.92 Å². The van der Waals surface area contributed by atoms with Crippen LogP contribution in [0.4, 0.5) is 13.2 Å². The first kappa shape index (κ1) is 19.3. The number of benzene rings is 1. The van der Waals surface area contributed by atoms with Gasteiger partial charge in [0.15, 0.2) is 0 Å². The van der Waals surface area contributed by atoms with E-state index in [1.807, 2.05) is 13.8 Å². The minimum absolute atomic E-state index is 0.0179. The van der Waals surface area contributed by atoms with Crippen molar-refractivity contribution in [1.82, 2.24) is 15.0 Å². The fraction of sp³-hybridized carbons (Fsp3) is 0.500. The maximum Gasteiger partial charge on any atom is 0.471 e. The Morgan fingerprint density at radius 3 is 2.52 bits per heavy atom. The number of amides is 1. The molecule has 0 bridgehead atoms. The minimum atomic E-state index is -4.67. The number of carbonyl (C=O) groups is 1. The minimum Gasteiger partial charge on any atom is -0.381 e. The van der Waals surface area contributed by atoms with Crippen LogP contribution in [0.3, 0.4) is 0 Å². The number of hydrogen-bond acceptors (Lipinski definition) is 5.